The Morgan fingerprint density at radius 2 is 1.63 bits per heavy atom. The second kappa shape index (κ2) is 16.8. The van der Waals surface area contributed by atoms with Gasteiger partial charge in [0.25, 0.3) is 0 Å². The van der Waals surface area contributed by atoms with Crippen molar-refractivity contribution in [3.63, 3.8) is 0 Å². The van der Waals surface area contributed by atoms with Crippen LogP contribution in [-0.2, 0) is 25.9 Å². The fourth-order valence-electron chi connectivity index (χ4n) is 6.74. The van der Waals surface area contributed by atoms with Gasteiger partial charge in [-0.25, -0.2) is 17.9 Å². The molecule has 3 fully saturated rings. The number of nitrogens with zero attached hydrogens (tertiary/aromatic N) is 1. The van der Waals surface area contributed by atoms with Crippen LogP contribution in [0.4, 0.5) is 4.79 Å². The fourth-order valence-corrected chi connectivity index (χ4v) is 8.34. The number of sulfonamides is 1. The third-order valence-corrected chi connectivity index (χ3v) is 11.1. The molecular formula is C33H46Cl2N4O6S. The maximum atomic E-state index is 12.9. The summed E-state index contributed by atoms with van der Waals surface area (Å²) >= 11 is 13.1. The molecule has 2 aliphatic heterocycles. The second-order valence-corrected chi connectivity index (χ2v) is 14.9. The fraction of sp³-hybridized carbons (Fsp3) is 0.606. The molecule has 4 aliphatic rings. The lowest BCUT2D eigenvalue weighted by atomic mass is 9.79. The van der Waals surface area contributed by atoms with E-state index in [2.05, 4.69) is 27.2 Å². The molecule has 2 bridgehead atoms. The molecule has 2 heterocycles. The first-order valence-corrected chi connectivity index (χ1v) is 18.7. The van der Waals surface area contributed by atoms with E-state index in [1.54, 1.807) is 30.3 Å². The van der Waals surface area contributed by atoms with Crippen LogP contribution in [0.1, 0.15) is 62.7 Å². The van der Waals surface area contributed by atoms with Gasteiger partial charge in [0.05, 0.1) is 37.4 Å². The van der Waals surface area contributed by atoms with Crippen LogP contribution in [0.3, 0.4) is 0 Å². The number of piperidine rings is 2. The van der Waals surface area contributed by atoms with Crippen molar-refractivity contribution in [1.29, 1.82) is 0 Å². The molecule has 0 radical (unpaired) electrons. The molecule has 0 spiro atoms. The largest absolute Gasteiger partial charge is 0.484 e. The summed E-state index contributed by atoms with van der Waals surface area (Å²) in [6.07, 6.45) is 7.55. The highest BCUT2D eigenvalue weighted by molar-refractivity contribution is 7.89. The average Bonchev–Trinajstić information content (AvgIpc) is 3.41. The number of urea groups is 1. The number of carbonyl (C=O) groups is 1. The molecule has 2 amide bonds. The topological polar surface area (TPSA) is 118 Å². The molecular weight excluding hydrogens is 651 g/mol. The monoisotopic (exact) mass is 696 g/mol. The van der Waals surface area contributed by atoms with Crippen LogP contribution in [0, 0.1) is 5.92 Å². The number of fused-ring (bicyclic) bond motifs is 4. The molecule has 2 aromatic rings. The van der Waals surface area contributed by atoms with Crippen LogP contribution in [0.15, 0.2) is 41.3 Å². The summed E-state index contributed by atoms with van der Waals surface area (Å²) in [7, 11) is -3.73. The van der Waals surface area contributed by atoms with Gasteiger partial charge in [0.1, 0.15) is 11.9 Å². The lowest BCUT2D eigenvalue weighted by Gasteiger charge is -2.49. The van der Waals surface area contributed by atoms with E-state index in [-0.39, 0.29) is 36.2 Å². The number of carbonyl (C=O) groups excluding carboxylic acids is 1. The Bertz CT molecular complexity index is 1410. The molecule has 6 rings (SSSR count). The molecule has 0 aromatic heterocycles. The molecule has 1 saturated carbocycles. The third-order valence-electron chi connectivity index (χ3n) is 9.10. The Balaban J connectivity index is 1.07. The molecule has 2 saturated heterocycles. The predicted octanol–water partition coefficient (Wildman–Crippen LogP) is 5.32. The van der Waals surface area contributed by atoms with E-state index in [4.69, 9.17) is 37.4 Å². The van der Waals surface area contributed by atoms with Crippen molar-refractivity contribution < 1.29 is 27.4 Å². The molecule has 2 aliphatic carbocycles. The molecule has 3 N–H and O–H groups in total. The van der Waals surface area contributed by atoms with Crippen molar-refractivity contribution in [3.8, 4) is 5.75 Å². The van der Waals surface area contributed by atoms with E-state index >= 15 is 0 Å². The number of amides is 2. The van der Waals surface area contributed by atoms with E-state index in [9.17, 15) is 13.2 Å². The molecule has 254 valence electrons. The second-order valence-electron chi connectivity index (χ2n) is 12.3. The number of benzene rings is 2. The molecule has 10 nitrogen and oxygen atoms in total. The van der Waals surface area contributed by atoms with Crippen LogP contribution in [0.2, 0.25) is 10.0 Å². The molecule has 13 heteroatoms. The van der Waals surface area contributed by atoms with Crippen molar-refractivity contribution in [2.45, 2.75) is 75.0 Å². The molecule has 2 atom stereocenters. The summed E-state index contributed by atoms with van der Waals surface area (Å²) in [6.45, 7) is 5.55. The Morgan fingerprint density at radius 1 is 0.935 bits per heavy atom. The van der Waals surface area contributed by atoms with Gasteiger partial charge in [-0.05, 0) is 86.4 Å². The highest BCUT2D eigenvalue weighted by Gasteiger charge is 2.45. The van der Waals surface area contributed by atoms with Gasteiger partial charge in [-0.2, -0.15) is 0 Å². The first kappa shape index (κ1) is 35.2. The number of halogens is 2. The lowest BCUT2D eigenvalue weighted by Crippen LogP contribution is -2.54. The minimum absolute atomic E-state index is 0.125. The van der Waals surface area contributed by atoms with E-state index in [1.165, 1.54) is 25.7 Å². The van der Waals surface area contributed by atoms with Gasteiger partial charge in [0.15, 0.2) is 0 Å². The number of rotatable bonds is 17. The van der Waals surface area contributed by atoms with Crippen LogP contribution >= 0.6 is 23.2 Å². The van der Waals surface area contributed by atoms with E-state index in [0.29, 0.717) is 54.7 Å². The summed E-state index contributed by atoms with van der Waals surface area (Å²) in [6, 6.07) is 10.8. The minimum atomic E-state index is -3.73. The molecule has 46 heavy (non-hydrogen) atoms. The van der Waals surface area contributed by atoms with Crippen molar-refractivity contribution in [3.05, 3.63) is 57.6 Å². The van der Waals surface area contributed by atoms with Crippen molar-refractivity contribution in [1.82, 2.24) is 20.3 Å². The highest BCUT2D eigenvalue weighted by atomic mass is 35.5. The molecule has 0 unspecified atom stereocenters. The quantitative estimate of drug-likeness (QED) is 0.192. The summed E-state index contributed by atoms with van der Waals surface area (Å²) in [5.41, 5.74) is 2.09. The van der Waals surface area contributed by atoms with Crippen LogP contribution in [0.5, 0.6) is 5.75 Å². The predicted molar refractivity (Wildman–Crippen MR) is 179 cm³/mol. The number of hydrogen-bond donors (Lipinski definition) is 3. The number of nitrogens with one attached hydrogen (secondary N) is 3. The van der Waals surface area contributed by atoms with Gasteiger partial charge in [-0.15, -0.1) is 0 Å². The van der Waals surface area contributed by atoms with Gasteiger partial charge < -0.3 is 24.8 Å². The van der Waals surface area contributed by atoms with Crippen molar-refractivity contribution in [2.75, 3.05) is 52.6 Å². The maximum Gasteiger partial charge on any atom is 0.314 e. The molecule has 2 aromatic carbocycles. The number of unbranched alkanes of at least 4 members (excludes halogenated alkanes) is 1. The standard InChI is InChI=1S/C33H46Cl2N4O6S/c1-2-3-12-36-33(40)37-13-15-43-17-18-44-16-14-38-46(41,42)27-10-8-26(9-11-27)45-32-29-19-24(34)20-30(35)28(29)21-31(32)39-22-23-4-6-25(39)7-5-23/h8-11,19-20,23,25,31-32,38H,2-7,12-18,21-22H2,1H3,(H2,36,37,40)/t23?,25?,31-,32-/m0/s1. The SMILES string of the molecule is CCCCNC(=O)NCCOCCOCCNS(=O)(=O)c1ccc(O[C@H]2c3cc(Cl)cc(Cl)c3C[C@@H]2N2CC3CCC2CC3)cc1. The van der Waals surface area contributed by atoms with Crippen LogP contribution in [0.25, 0.3) is 0 Å². The first-order chi connectivity index (χ1) is 22.2. The summed E-state index contributed by atoms with van der Waals surface area (Å²) in [4.78, 5) is 14.3. The van der Waals surface area contributed by atoms with Gasteiger partial charge in [0.2, 0.25) is 10.0 Å². The van der Waals surface area contributed by atoms with E-state index < -0.39 is 10.0 Å². The van der Waals surface area contributed by atoms with Crippen LogP contribution < -0.4 is 20.1 Å². The Kier molecular flexibility index (Phi) is 12.9. The average molecular weight is 698 g/mol. The van der Waals surface area contributed by atoms with Gasteiger partial charge in [-0.1, -0.05) is 36.5 Å². The van der Waals surface area contributed by atoms with Gasteiger partial charge in [-0.3, -0.25) is 4.90 Å². The number of ether oxygens (including phenoxy) is 3. The zero-order valence-corrected chi connectivity index (χ0v) is 28.8. The van der Waals surface area contributed by atoms with Crippen LogP contribution in [-0.4, -0.2) is 84.0 Å². The number of hydrogen-bond acceptors (Lipinski definition) is 7. The highest BCUT2D eigenvalue weighted by Crippen LogP contribution is 2.46. The Labute approximate surface area is 282 Å². The third kappa shape index (κ3) is 9.27. The summed E-state index contributed by atoms with van der Waals surface area (Å²) in [5.74, 6) is 1.32. The minimum Gasteiger partial charge on any atom is -0.484 e. The normalized spacial score (nSPS) is 22.5. The van der Waals surface area contributed by atoms with E-state index in [1.807, 2.05) is 6.07 Å². The van der Waals surface area contributed by atoms with Gasteiger partial charge in [0, 0.05) is 47.8 Å². The maximum absolute atomic E-state index is 12.9. The Hall–Kier alpha value is -2.12. The lowest BCUT2D eigenvalue weighted by molar-refractivity contribution is -0.0228. The van der Waals surface area contributed by atoms with Gasteiger partial charge >= 0.3 is 6.03 Å². The Morgan fingerprint density at radius 3 is 2.30 bits per heavy atom. The van der Waals surface area contributed by atoms with Crippen molar-refractivity contribution in [2.24, 2.45) is 5.92 Å². The summed E-state index contributed by atoms with van der Waals surface area (Å²) in [5, 5.41) is 6.74. The summed E-state index contributed by atoms with van der Waals surface area (Å²) < 4.78 is 45.9. The van der Waals surface area contributed by atoms with Crippen molar-refractivity contribution >= 4 is 39.3 Å². The van der Waals surface area contributed by atoms with E-state index in [0.717, 1.165) is 42.9 Å². The zero-order chi connectivity index (χ0) is 32.5. The smallest absolute Gasteiger partial charge is 0.314 e. The first-order valence-electron chi connectivity index (χ1n) is 16.4. The zero-order valence-electron chi connectivity index (χ0n) is 26.4.